The Morgan fingerprint density at radius 1 is 0.906 bits per heavy atom. The third kappa shape index (κ3) is 3.46. The summed E-state index contributed by atoms with van der Waals surface area (Å²) in [6.45, 7) is 6.41. The normalized spacial score (nSPS) is 18.1. The number of benzene rings is 1. The molecule has 1 saturated heterocycles. The van der Waals surface area contributed by atoms with E-state index in [-0.39, 0.29) is 12.1 Å². The highest BCUT2D eigenvalue weighted by Crippen LogP contribution is 2.43. The van der Waals surface area contributed by atoms with Gasteiger partial charge in [0.1, 0.15) is 0 Å². The van der Waals surface area contributed by atoms with Gasteiger partial charge in [-0.25, -0.2) is 0 Å². The molecule has 3 aromatic heterocycles. The molecular weight excluding hydrogens is 414 g/mol. The summed E-state index contributed by atoms with van der Waals surface area (Å²) in [5.74, 6) is 0. The molecule has 4 heterocycles. The van der Waals surface area contributed by atoms with Crippen LogP contribution in [0.15, 0.2) is 79.3 Å². The Morgan fingerprint density at radius 2 is 1.75 bits per heavy atom. The second-order valence-corrected chi connectivity index (χ2v) is 8.60. The smallest absolute Gasteiger partial charge is 0.174 e. The van der Waals surface area contributed by atoms with Crippen LogP contribution in [0.25, 0.3) is 5.69 Å². The SMILES string of the molecule is Cc1cccc(N2C(=S)N[C@H](c3ccccn3)[C@H]2c2cc(C)n(-c3cccnc3)c2C)c1. The molecule has 6 heteroatoms. The molecule has 1 N–H and O–H groups in total. The maximum absolute atomic E-state index is 5.87. The van der Waals surface area contributed by atoms with Crippen molar-refractivity contribution < 1.29 is 0 Å². The Labute approximate surface area is 193 Å². The van der Waals surface area contributed by atoms with Crippen LogP contribution in [0.4, 0.5) is 5.69 Å². The minimum absolute atomic E-state index is 0.0316. The van der Waals surface area contributed by atoms with E-state index in [1.165, 1.54) is 16.8 Å². The van der Waals surface area contributed by atoms with E-state index >= 15 is 0 Å². The van der Waals surface area contributed by atoms with E-state index in [2.05, 4.69) is 88.0 Å². The highest BCUT2D eigenvalue weighted by molar-refractivity contribution is 7.80. The molecule has 0 saturated carbocycles. The van der Waals surface area contributed by atoms with Crippen molar-refractivity contribution in [1.29, 1.82) is 0 Å². The predicted molar refractivity (Wildman–Crippen MR) is 132 cm³/mol. The van der Waals surface area contributed by atoms with E-state index in [1.54, 1.807) is 6.20 Å². The molecule has 1 fully saturated rings. The second-order valence-electron chi connectivity index (χ2n) is 8.21. The molecule has 160 valence electrons. The van der Waals surface area contributed by atoms with Gasteiger partial charge in [0.25, 0.3) is 0 Å². The van der Waals surface area contributed by atoms with Crippen molar-refractivity contribution in [1.82, 2.24) is 19.9 Å². The van der Waals surface area contributed by atoms with E-state index < -0.39 is 0 Å². The molecule has 0 amide bonds. The predicted octanol–water partition coefficient (Wildman–Crippen LogP) is 5.37. The molecule has 1 aliphatic heterocycles. The first kappa shape index (κ1) is 20.4. The Balaban J connectivity index is 1.69. The fraction of sp³-hybridized carbons (Fsp3) is 0.192. The van der Waals surface area contributed by atoms with Crippen LogP contribution in [0.5, 0.6) is 0 Å². The molecule has 0 spiro atoms. The van der Waals surface area contributed by atoms with Gasteiger partial charge >= 0.3 is 0 Å². The average Bonchev–Trinajstić information content (AvgIpc) is 3.30. The van der Waals surface area contributed by atoms with E-state index in [1.807, 2.05) is 30.6 Å². The van der Waals surface area contributed by atoms with Crippen LogP contribution >= 0.6 is 12.2 Å². The zero-order chi connectivity index (χ0) is 22.2. The maximum Gasteiger partial charge on any atom is 0.174 e. The van der Waals surface area contributed by atoms with Gasteiger partial charge in [-0.05, 0) is 86.6 Å². The summed E-state index contributed by atoms with van der Waals surface area (Å²) >= 11 is 5.87. The maximum atomic E-state index is 5.87. The van der Waals surface area contributed by atoms with Crippen molar-refractivity contribution in [3.05, 3.63) is 107 Å². The van der Waals surface area contributed by atoms with Crippen LogP contribution < -0.4 is 10.2 Å². The standard InChI is InChI=1S/C26H25N5S/c1-17-8-6-9-20(14-17)31-25(24(29-26(31)32)23-11-4-5-13-28-23)22-15-18(2)30(19(22)3)21-10-7-12-27-16-21/h4-16,24-25H,1-3H3,(H,29,32)/t24-,25-/m1/s1. The van der Waals surface area contributed by atoms with Crippen molar-refractivity contribution in [2.75, 3.05) is 4.90 Å². The Hall–Kier alpha value is -3.51. The van der Waals surface area contributed by atoms with Gasteiger partial charge in [-0.2, -0.15) is 0 Å². The molecule has 32 heavy (non-hydrogen) atoms. The van der Waals surface area contributed by atoms with Crippen molar-refractivity contribution >= 4 is 23.0 Å². The first-order valence-electron chi connectivity index (χ1n) is 10.7. The van der Waals surface area contributed by atoms with Crippen LogP contribution in [0, 0.1) is 20.8 Å². The summed E-state index contributed by atoms with van der Waals surface area (Å²) in [5.41, 5.74) is 7.86. The summed E-state index contributed by atoms with van der Waals surface area (Å²) in [6.07, 6.45) is 5.54. The molecule has 1 aromatic carbocycles. The highest BCUT2D eigenvalue weighted by atomic mass is 32.1. The van der Waals surface area contributed by atoms with Gasteiger partial charge in [0.15, 0.2) is 5.11 Å². The van der Waals surface area contributed by atoms with Crippen LogP contribution in [-0.4, -0.2) is 19.6 Å². The lowest BCUT2D eigenvalue weighted by Gasteiger charge is -2.28. The monoisotopic (exact) mass is 439 g/mol. The van der Waals surface area contributed by atoms with Gasteiger partial charge < -0.3 is 14.8 Å². The fourth-order valence-corrected chi connectivity index (χ4v) is 5.04. The van der Waals surface area contributed by atoms with Crippen LogP contribution in [-0.2, 0) is 0 Å². The van der Waals surface area contributed by atoms with Gasteiger partial charge in [-0.1, -0.05) is 18.2 Å². The molecule has 1 aliphatic rings. The minimum atomic E-state index is -0.0629. The molecule has 2 atom stereocenters. The minimum Gasteiger partial charge on any atom is -0.351 e. The number of thiocarbonyl (C=S) groups is 1. The van der Waals surface area contributed by atoms with Crippen LogP contribution in [0.1, 0.15) is 40.3 Å². The summed E-state index contributed by atoms with van der Waals surface area (Å²) in [5, 5.41) is 4.27. The molecule has 0 bridgehead atoms. The van der Waals surface area contributed by atoms with E-state index in [4.69, 9.17) is 12.2 Å². The molecular formula is C26H25N5S. The number of nitrogens with zero attached hydrogens (tertiary/aromatic N) is 4. The van der Waals surface area contributed by atoms with Crippen molar-refractivity contribution in [2.24, 2.45) is 0 Å². The Kier molecular flexibility index (Phi) is 5.23. The van der Waals surface area contributed by atoms with Gasteiger partial charge in [-0.15, -0.1) is 0 Å². The number of pyridine rings is 2. The fourth-order valence-electron chi connectivity index (χ4n) is 4.70. The number of aromatic nitrogens is 3. The first-order valence-corrected chi connectivity index (χ1v) is 11.1. The second kappa shape index (κ2) is 8.20. The lowest BCUT2D eigenvalue weighted by Crippen LogP contribution is -2.29. The quantitative estimate of drug-likeness (QED) is 0.433. The Bertz CT molecular complexity index is 1270. The highest BCUT2D eigenvalue weighted by Gasteiger charge is 2.42. The average molecular weight is 440 g/mol. The zero-order valence-electron chi connectivity index (χ0n) is 18.4. The van der Waals surface area contributed by atoms with Crippen molar-refractivity contribution in [3.63, 3.8) is 0 Å². The van der Waals surface area contributed by atoms with Crippen LogP contribution in [0.2, 0.25) is 0 Å². The zero-order valence-corrected chi connectivity index (χ0v) is 19.2. The number of hydrogen-bond acceptors (Lipinski definition) is 3. The Morgan fingerprint density at radius 3 is 2.47 bits per heavy atom. The first-order chi connectivity index (χ1) is 15.5. The summed E-state index contributed by atoms with van der Waals surface area (Å²) in [6, 6.07) is 20.7. The number of nitrogens with one attached hydrogen (secondary N) is 1. The van der Waals surface area contributed by atoms with E-state index in [0.717, 1.165) is 22.8 Å². The molecule has 5 rings (SSSR count). The number of aryl methyl sites for hydroxylation is 2. The van der Waals surface area contributed by atoms with Crippen LogP contribution in [0.3, 0.4) is 0 Å². The van der Waals surface area contributed by atoms with E-state index in [0.29, 0.717) is 5.11 Å². The molecule has 5 nitrogen and oxygen atoms in total. The molecule has 0 radical (unpaired) electrons. The number of rotatable bonds is 4. The number of anilines is 1. The summed E-state index contributed by atoms with van der Waals surface area (Å²) < 4.78 is 2.26. The van der Waals surface area contributed by atoms with Gasteiger partial charge in [0.2, 0.25) is 0 Å². The van der Waals surface area contributed by atoms with Crippen molar-refractivity contribution in [3.8, 4) is 5.69 Å². The largest absolute Gasteiger partial charge is 0.351 e. The lowest BCUT2D eigenvalue weighted by molar-refractivity contribution is 0.565. The topological polar surface area (TPSA) is 46.0 Å². The van der Waals surface area contributed by atoms with Gasteiger partial charge in [-0.3, -0.25) is 9.97 Å². The third-order valence-electron chi connectivity index (χ3n) is 6.07. The third-order valence-corrected chi connectivity index (χ3v) is 6.39. The molecule has 0 aliphatic carbocycles. The van der Waals surface area contributed by atoms with Gasteiger partial charge in [0, 0.05) is 29.5 Å². The lowest BCUT2D eigenvalue weighted by atomic mass is 9.96. The molecule has 0 unspecified atom stereocenters. The number of hydrogen-bond donors (Lipinski definition) is 1. The molecule has 4 aromatic rings. The summed E-state index contributed by atoms with van der Waals surface area (Å²) in [4.78, 5) is 11.2. The van der Waals surface area contributed by atoms with E-state index in [9.17, 15) is 0 Å². The van der Waals surface area contributed by atoms with Crippen molar-refractivity contribution in [2.45, 2.75) is 32.9 Å². The summed E-state index contributed by atoms with van der Waals surface area (Å²) in [7, 11) is 0. The van der Waals surface area contributed by atoms with Gasteiger partial charge in [0.05, 0.1) is 29.7 Å².